The van der Waals surface area contributed by atoms with Crippen molar-refractivity contribution in [2.75, 3.05) is 0 Å². The quantitative estimate of drug-likeness (QED) is 0.423. The SMILES string of the molecule is NC(=O)C#Cc1ccccc1N=C=S. The molecule has 0 saturated carbocycles. The lowest BCUT2D eigenvalue weighted by molar-refractivity contribution is -0.112. The third kappa shape index (κ3) is 2.83. The van der Waals surface area contributed by atoms with Crippen molar-refractivity contribution in [3.63, 3.8) is 0 Å². The Balaban J connectivity index is 3.15. The van der Waals surface area contributed by atoms with Crippen molar-refractivity contribution in [2.24, 2.45) is 10.7 Å². The Hall–Kier alpha value is -1.95. The summed E-state index contributed by atoms with van der Waals surface area (Å²) in [6.07, 6.45) is 0. The minimum absolute atomic E-state index is 0.580. The number of carbonyl (C=O) groups is 1. The molecule has 3 nitrogen and oxygen atoms in total. The highest BCUT2D eigenvalue weighted by Crippen LogP contribution is 2.16. The molecular weight excluding hydrogens is 196 g/mol. The minimum Gasteiger partial charge on any atom is -0.359 e. The summed E-state index contributed by atoms with van der Waals surface area (Å²) in [7, 11) is 0. The maximum Gasteiger partial charge on any atom is 0.293 e. The number of primary amides is 1. The number of amides is 1. The molecule has 14 heavy (non-hydrogen) atoms. The molecule has 0 unspecified atom stereocenters. The second kappa shape index (κ2) is 4.93. The summed E-state index contributed by atoms with van der Waals surface area (Å²) in [6.45, 7) is 0. The van der Waals surface area contributed by atoms with E-state index in [4.69, 9.17) is 5.73 Å². The van der Waals surface area contributed by atoms with Gasteiger partial charge in [0.05, 0.1) is 16.4 Å². The van der Waals surface area contributed by atoms with Crippen molar-refractivity contribution in [1.82, 2.24) is 0 Å². The van der Waals surface area contributed by atoms with E-state index in [1.165, 1.54) is 0 Å². The van der Waals surface area contributed by atoms with Crippen LogP contribution < -0.4 is 5.73 Å². The third-order valence-corrected chi connectivity index (χ3v) is 1.48. The van der Waals surface area contributed by atoms with E-state index >= 15 is 0 Å². The van der Waals surface area contributed by atoms with Gasteiger partial charge in [-0.2, -0.15) is 4.99 Å². The second-order valence-corrected chi connectivity index (χ2v) is 2.52. The molecule has 0 atom stereocenters. The van der Waals surface area contributed by atoms with Crippen LogP contribution in [0.15, 0.2) is 29.3 Å². The Kier molecular flexibility index (Phi) is 3.57. The van der Waals surface area contributed by atoms with Crippen LogP contribution in [0.3, 0.4) is 0 Å². The summed E-state index contributed by atoms with van der Waals surface area (Å²) in [5.74, 6) is 4.15. The summed E-state index contributed by atoms with van der Waals surface area (Å²) in [5, 5.41) is 2.24. The minimum atomic E-state index is -0.675. The molecule has 0 heterocycles. The number of nitrogens with zero attached hydrogens (tertiary/aromatic N) is 1. The molecule has 0 radical (unpaired) electrons. The monoisotopic (exact) mass is 202 g/mol. The average Bonchev–Trinajstić information content (AvgIpc) is 2.17. The normalized spacial score (nSPS) is 8.00. The zero-order chi connectivity index (χ0) is 10.4. The van der Waals surface area contributed by atoms with Crippen molar-refractivity contribution < 1.29 is 4.79 Å². The lowest BCUT2D eigenvalue weighted by Crippen LogP contribution is -2.06. The molecule has 0 aliphatic carbocycles. The van der Waals surface area contributed by atoms with Crippen LogP contribution in [0.1, 0.15) is 5.56 Å². The predicted molar refractivity (Wildman–Crippen MR) is 57.2 cm³/mol. The Morgan fingerprint density at radius 3 is 2.79 bits per heavy atom. The van der Waals surface area contributed by atoms with E-state index in [0.29, 0.717) is 11.3 Å². The lowest BCUT2D eigenvalue weighted by Gasteiger charge is -1.93. The third-order valence-electron chi connectivity index (χ3n) is 1.39. The van der Waals surface area contributed by atoms with E-state index in [1.807, 2.05) is 0 Å². The number of rotatable bonds is 1. The van der Waals surface area contributed by atoms with E-state index in [9.17, 15) is 4.79 Å². The highest BCUT2D eigenvalue weighted by Gasteiger charge is 1.95. The van der Waals surface area contributed by atoms with E-state index in [-0.39, 0.29) is 0 Å². The van der Waals surface area contributed by atoms with Crippen molar-refractivity contribution >= 4 is 29.0 Å². The molecule has 68 valence electrons. The summed E-state index contributed by atoms with van der Waals surface area (Å²) in [6, 6.07) is 7.03. The first-order valence-electron chi connectivity index (χ1n) is 3.72. The predicted octanol–water partition coefficient (Wildman–Crippen LogP) is 1.26. The van der Waals surface area contributed by atoms with Gasteiger partial charge in [-0.3, -0.25) is 4.79 Å². The maximum absolute atomic E-state index is 10.4. The Morgan fingerprint density at radius 1 is 1.43 bits per heavy atom. The number of benzene rings is 1. The topological polar surface area (TPSA) is 55.5 Å². The van der Waals surface area contributed by atoms with E-state index in [2.05, 4.69) is 34.2 Å². The van der Waals surface area contributed by atoms with Crippen LogP contribution >= 0.6 is 12.2 Å². The first-order chi connectivity index (χ1) is 6.74. The number of thiocarbonyl (C=S) groups is 1. The van der Waals surface area contributed by atoms with Crippen molar-refractivity contribution in [1.29, 1.82) is 0 Å². The van der Waals surface area contributed by atoms with Gasteiger partial charge < -0.3 is 5.73 Å². The van der Waals surface area contributed by atoms with Gasteiger partial charge in [-0.15, -0.1) is 0 Å². The highest BCUT2D eigenvalue weighted by atomic mass is 32.1. The zero-order valence-corrected chi connectivity index (χ0v) is 7.97. The molecule has 1 rings (SSSR count). The molecule has 0 bridgehead atoms. The number of nitrogens with two attached hydrogens (primary N) is 1. The van der Waals surface area contributed by atoms with Crippen molar-refractivity contribution in [2.45, 2.75) is 0 Å². The number of carbonyl (C=O) groups excluding carboxylic acids is 1. The molecule has 0 saturated heterocycles. The van der Waals surface area contributed by atoms with Gasteiger partial charge in [-0.25, -0.2) is 0 Å². The van der Waals surface area contributed by atoms with Crippen LogP contribution in [0, 0.1) is 11.8 Å². The lowest BCUT2D eigenvalue weighted by atomic mass is 10.2. The van der Waals surface area contributed by atoms with Crippen LogP contribution in [-0.4, -0.2) is 11.1 Å². The van der Waals surface area contributed by atoms with Gasteiger partial charge in [0.25, 0.3) is 5.91 Å². The average molecular weight is 202 g/mol. The van der Waals surface area contributed by atoms with E-state index in [0.717, 1.165) is 0 Å². The number of hydrogen-bond donors (Lipinski definition) is 1. The fraction of sp³-hybridized carbons (Fsp3) is 0. The first-order valence-corrected chi connectivity index (χ1v) is 4.13. The van der Waals surface area contributed by atoms with Crippen molar-refractivity contribution in [3.05, 3.63) is 29.8 Å². The molecule has 1 amide bonds. The largest absolute Gasteiger partial charge is 0.359 e. The molecule has 0 fully saturated rings. The molecule has 2 N–H and O–H groups in total. The number of isothiocyanates is 1. The Labute approximate surface area is 86.6 Å². The second-order valence-electron chi connectivity index (χ2n) is 2.33. The van der Waals surface area contributed by atoms with Crippen LogP contribution in [-0.2, 0) is 4.79 Å². The van der Waals surface area contributed by atoms with E-state index < -0.39 is 5.91 Å². The Morgan fingerprint density at radius 2 is 2.14 bits per heavy atom. The molecule has 1 aromatic rings. The van der Waals surface area contributed by atoms with Gasteiger partial charge in [0.15, 0.2) is 0 Å². The zero-order valence-electron chi connectivity index (χ0n) is 7.15. The fourth-order valence-corrected chi connectivity index (χ4v) is 0.953. The Bertz CT molecular complexity index is 465. The van der Waals surface area contributed by atoms with Crippen LogP contribution in [0.4, 0.5) is 5.69 Å². The van der Waals surface area contributed by atoms with Gasteiger partial charge in [0, 0.05) is 5.92 Å². The van der Waals surface area contributed by atoms with Crippen LogP contribution in [0.2, 0.25) is 0 Å². The van der Waals surface area contributed by atoms with Gasteiger partial charge in [0.2, 0.25) is 0 Å². The maximum atomic E-state index is 10.4. The fourth-order valence-electron chi connectivity index (χ4n) is 0.855. The molecule has 0 aromatic heterocycles. The molecular formula is C10H6N2OS. The molecule has 4 heteroatoms. The molecule has 1 aromatic carbocycles. The summed E-state index contributed by atoms with van der Waals surface area (Å²) in [4.78, 5) is 14.2. The molecule has 0 aliphatic heterocycles. The smallest absolute Gasteiger partial charge is 0.293 e. The van der Waals surface area contributed by atoms with E-state index in [1.54, 1.807) is 24.3 Å². The molecule has 0 spiro atoms. The van der Waals surface area contributed by atoms with Crippen molar-refractivity contribution in [3.8, 4) is 11.8 Å². The number of aliphatic imine (C=N–C) groups is 1. The van der Waals surface area contributed by atoms with Crippen LogP contribution in [0.5, 0.6) is 0 Å². The summed E-state index contributed by atoms with van der Waals surface area (Å²) < 4.78 is 0. The molecule has 0 aliphatic rings. The van der Waals surface area contributed by atoms with Crippen LogP contribution in [0.25, 0.3) is 0 Å². The highest BCUT2D eigenvalue weighted by molar-refractivity contribution is 7.78. The summed E-state index contributed by atoms with van der Waals surface area (Å²) in [5.41, 5.74) is 6.07. The van der Waals surface area contributed by atoms with Gasteiger partial charge in [0.1, 0.15) is 0 Å². The summed E-state index contributed by atoms with van der Waals surface area (Å²) >= 11 is 4.47. The number of hydrogen-bond acceptors (Lipinski definition) is 3. The standard InChI is InChI=1S/C10H6N2OS/c11-10(13)6-5-8-3-1-2-4-9(8)12-7-14/h1-4H,(H2,11,13). The van der Waals surface area contributed by atoms with Gasteiger partial charge in [-0.1, -0.05) is 18.1 Å². The first kappa shape index (κ1) is 10.1. The van der Waals surface area contributed by atoms with Gasteiger partial charge in [-0.05, 0) is 24.4 Å². The van der Waals surface area contributed by atoms with Gasteiger partial charge >= 0.3 is 0 Å². The number of para-hydroxylation sites is 1.